The Morgan fingerprint density at radius 1 is 1.35 bits per heavy atom. The maximum atomic E-state index is 10.1. The molecule has 5 heteroatoms. The van der Waals surface area contributed by atoms with Crippen LogP contribution in [0.5, 0.6) is 0 Å². The lowest BCUT2D eigenvalue weighted by atomic mass is 10.2. The Kier molecular flexibility index (Phi) is 3.28. The van der Waals surface area contributed by atoms with Gasteiger partial charge in [0.15, 0.2) is 0 Å². The van der Waals surface area contributed by atoms with Crippen LogP contribution in [0.3, 0.4) is 0 Å². The molecule has 2 aromatic rings. The molecule has 2 rings (SSSR count). The fourth-order valence-electron chi connectivity index (χ4n) is 1.76. The number of hydrogen-bond donors (Lipinski definition) is 1. The SMILES string of the molecule is CC(C)n1ccc(CC(O)c2nccn2C)n1. The normalized spacial score (nSPS) is 13.2. The summed E-state index contributed by atoms with van der Waals surface area (Å²) in [5.74, 6) is 0.670. The zero-order chi connectivity index (χ0) is 12.4. The zero-order valence-corrected chi connectivity index (χ0v) is 10.4. The van der Waals surface area contributed by atoms with Crippen molar-refractivity contribution in [3.05, 3.63) is 36.2 Å². The summed E-state index contributed by atoms with van der Waals surface area (Å²) in [6, 6.07) is 2.28. The van der Waals surface area contributed by atoms with E-state index >= 15 is 0 Å². The molecule has 1 unspecified atom stereocenters. The van der Waals surface area contributed by atoms with Crippen LogP contribution in [0.25, 0.3) is 0 Å². The second kappa shape index (κ2) is 4.71. The summed E-state index contributed by atoms with van der Waals surface area (Å²) in [6.45, 7) is 4.15. The zero-order valence-electron chi connectivity index (χ0n) is 10.4. The number of hydrogen-bond acceptors (Lipinski definition) is 3. The third-order valence-electron chi connectivity index (χ3n) is 2.75. The van der Waals surface area contributed by atoms with Gasteiger partial charge in [-0.3, -0.25) is 4.68 Å². The minimum absolute atomic E-state index is 0.342. The minimum Gasteiger partial charge on any atom is -0.385 e. The predicted octanol–water partition coefficient (Wildman–Crippen LogP) is 1.47. The first-order valence-electron chi connectivity index (χ1n) is 5.77. The number of aryl methyl sites for hydroxylation is 1. The highest BCUT2D eigenvalue weighted by Crippen LogP contribution is 2.15. The predicted molar refractivity (Wildman–Crippen MR) is 64.5 cm³/mol. The maximum absolute atomic E-state index is 10.1. The summed E-state index contributed by atoms with van der Waals surface area (Å²) < 4.78 is 3.71. The molecule has 0 aliphatic rings. The van der Waals surface area contributed by atoms with Crippen molar-refractivity contribution in [1.29, 1.82) is 0 Å². The van der Waals surface area contributed by atoms with Crippen molar-refractivity contribution in [3.8, 4) is 0 Å². The van der Waals surface area contributed by atoms with E-state index in [2.05, 4.69) is 23.9 Å². The first-order chi connectivity index (χ1) is 8.08. The molecule has 1 atom stereocenters. The minimum atomic E-state index is -0.606. The Morgan fingerprint density at radius 3 is 2.65 bits per heavy atom. The van der Waals surface area contributed by atoms with E-state index in [1.807, 2.05) is 34.8 Å². The molecule has 0 aromatic carbocycles. The Labute approximate surface area is 101 Å². The van der Waals surface area contributed by atoms with Crippen LogP contribution >= 0.6 is 0 Å². The molecule has 0 bridgehead atoms. The van der Waals surface area contributed by atoms with E-state index in [4.69, 9.17) is 0 Å². The summed E-state index contributed by atoms with van der Waals surface area (Å²) in [6.07, 6.45) is 5.33. The smallest absolute Gasteiger partial charge is 0.137 e. The molecule has 2 heterocycles. The number of aliphatic hydroxyl groups is 1. The molecule has 0 amide bonds. The van der Waals surface area contributed by atoms with Crippen LogP contribution in [-0.2, 0) is 13.5 Å². The van der Waals surface area contributed by atoms with E-state index in [-0.39, 0.29) is 0 Å². The third kappa shape index (κ3) is 2.55. The van der Waals surface area contributed by atoms with E-state index in [9.17, 15) is 5.11 Å². The second-order valence-electron chi connectivity index (χ2n) is 4.50. The monoisotopic (exact) mass is 234 g/mol. The molecule has 17 heavy (non-hydrogen) atoms. The van der Waals surface area contributed by atoms with Gasteiger partial charge in [-0.25, -0.2) is 4.98 Å². The lowest BCUT2D eigenvalue weighted by Gasteiger charge is -2.09. The summed E-state index contributed by atoms with van der Waals surface area (Å²) in [5.41, 5.74) is 0.884. The van der Waals surface area contributed by atoms with Gasteiger partial charge in [-0.1, -0.05) is 0 Å². The van der Waals surface area contributed by atoms with Crippen LogP contribution in [0.15, 0.2) is 24.7 Å². The first kappa shape index (κ1) is 11.9. The maximum Gasteiger partial charge on any atom is 0.137 e. The highest BCUT2D eigenvalue weighted by Gasteiger charge is 2.14. The van der Waals surface area contributed by atoms with Crippen molar-refractivity contribution >= 4 is 0 Å². The Morgan fingerprint density at radius 2 is 2.12 bits per heavy atom. The number of imidazole rings is 1. The molecular formula is C12H18N4O. The van der Waals surface area contributed by atoms with Gasteiger partial charge < -0.3 is 9.67 Å². The number of rotatable bonds is 4. The molecule has 0 fully saturated rings. The summed E-state index contributed by atoms with van der Waals surface area (Å²) in [5, 5.41) is 14.5. The average molecular weight is 234 g/mol. The van der Waals surface area contributed by atoms with Gasteiger partial charge in [0.1, 0.15) is 11.9 Å². The molecule has 0 radical (unpaired) electrons. The quantitative estimate of drug-likeness (QED) is 0.871. The van der Waals surface area contributed by atoms with Crippen molar-refractivity contribution in [1.82, 2.24) is 19.3 Å². The van der Waals surface area contributed by atoms with Gasteiger partial charge in [-0.15, -0.1) is 0 Å². The van der Waals surface area contributed by atoms with E-state index in [1.165, 1.54) is 0 Å². The van der Waals surface area contributed by atoms with Gasteiger partial charge in [-0.05, 0) is 19.9 Å². The van der Waals surface area contributed by atoms with E-state index in [1.54, 1.807) is 6.20 Å². The van der Waals surface area contributed by atoms with Crippen LogP contribution in [0, 0.1) is 0 Å². The number of aromatic nitrogens is 4. The standard InChI is InChI=1S/C12H18N4O/c1-9(2)16-6-4-10(14-16)8-11(17)12-13-5-7-15(12)3/h4-7,9,11,17H,8H2,1-3H3. The fraction of sp³-hybridized carbons (Fsp3) is 0.500. The molecule has 2 aromatic heterocycles. The van der Waals surface area contributed by atoms with Crippen LogP contribution < -0.4 is 0 Å². The molecule has 5 nitrogen and oxygen atoms in total. The van der Waals surface area contributed by atoms with Crippen LogP contribution in [-0.4, -0.2) is 24.4 Å². The number of aliphatic hydroxyl groups excluding tert-OH is 1. The third-order valence-corrected chi connectivity index (χ3v) is 2.75. The van der Waals surface area contributed by atoms with Crippen molar-refractivity contribution in [2.45, 2.75) is 32.4 Å². The van der Waals surface area contributed by atoms with E-state index in [0.29, 0.717) is 18.3 Å². The van der Waals surface area contributed by atoms with Crippen LogP contribution in [0.2, 0.25) is 0 Å². The van der Waals surface area contributed by atoms with Gasteiger partial charge in [-0.2, -0.15) is 5.10 Å². The number of nitrogens with zero attached hydrogens (tertiary/aromatic N) is 4. The molecule has 1 N–H and O–H groups in total. The van der Waals surface area contributed by atoms with Crippen LogP contribution in [0.4, 0.5) is 0 Å². The van der Waals surface area contributed by atoms with Gasteiger partial charge in [0.05, 0.1) is 5.69 Å². The second-order valence-corrected chi connectivity index (χ2v) is 4.50. The topological polar surface area (TPSA) is 55.9 Å². The van der Waals surface area contributed by atoms with Crippen molar-refractivity contribution in [3.63, 3.8) is 0 Å². The fourth-order valence-corrected chi connectivity index (χ4v) is 1.76. The van der Waals surface area contributed by atoms with Crippen molar-refractivity contribution in [2.75, 3.05) is 0 Å². The van der Waals surface area contributed by atoms with Crippen molar-refractivity contribution < 1.29 is 5.11 Å². The Hall–Kier alpha value is -1.62. The molecule has 0 aliphatic carbocycles. The molecule has 0 spiro atoms. The highest BCUT2D eigenvalue weighted by molar-refractivity contribution is 5.05. The summed E-state index contributed by atoms with van der Waals surface area (Å²) >= 11 is 0. The average Bonchev–Trinajstić information content (AvgIpc) is 2.86. The molecule has 0 saturated carbocycles. The van der Waals surface area contributed by atoms with Crippen LogP contribution in [0.1, 0.15) is 37.5 Å². The lowest BCUT2D eigenvalue weighted by molar-refractivity contribution is 0.163. The summed E-state index contributed by atoms with van der Waals surface area (Å²) in [4.78, 5) is 4.13. The Balaban J connectivity index is 2.08. The first-order valence-corrected chi connectivity index (χ1v) is 5.77. The Bertz CT molecular complexity index is 486. The van der Waals surface area contributed by atoms with Gasteiger partial charge in [0, 0.05) is 38.1 Å². The largest absolute Gasteiger partial charge is 0.385 e. The van der Waals surface area contributed by atoms with Gasteiger partial charge in [0.25, 0.3) is 0 Å². The lowest BCUT2D eigenvalue weighted by Crippen LogP contribution is -2.09. The van der Waals surface area contributed by atoms with E-state index in [0.717, 1.165) is 5.69 Å². The molecule has 92 valence electrons. The highest BCUT2D eigenvalue weighted by atomic mass is 16.3. The molecule has 0 aliphatic heterocycles. The van der Waals surface area contributed by atoms with E-state index < -0.39 is 6.10 Å². The molecule has 0 saturated heterocycles. The molecular weight excluding hydrogens is 216 g/mol. The summed E-state index contributed by atoms with van der Waals surface area (Å²) in [7, 11) is 1.87. The van der Waals surface area contributed by atoms with Gasteiger partial charge in [0.2, 0.25) is 0 Å². The van der Waals surface area contributed by atoms with Gasteiger partial charge >= 0.3 is 0 Å². The van der Waals surface area contributed by atoms with Crippen molar-refractivity contribution in [2.24, 2.45) is 7.05 Å².